The maximum Gasteiger partial charge on any atom is 0.243 e. The van der Waals surface area contributed by atoms with E-state index in [1.165, 1.54) is 15.6 Å². The number of nitrogens with zero attached hydrogens (tertiary/aromatic N) is 2. The van der Waals surface area contributed by atoms with E-state index >= 15 is 0 Å². The fourth-order valence-corrected chi connectivity index (χ4v) is 6.38. The maximum atomic E-state index is 13.2. The van der Waals surface area contributed by atoms with Gasteiger partial charge < -0.3 is 10.1 Å². The number of thiazole rings is 1. The predicted molar refractivity (Wildman–Crippen MR) is 132 cm³/mol. The number of benzene rings is 1. The van der Waals surface area contributed by atoms with Crippen LogP contribution in [0.1, 0.15) is 63.9 Å². The van der Waals surface area contributed by atoms with Gasteiger partial charge in [0.1, 0.15) is 0 Å². The number of hydrogen-bond acceptors (Lipinski definition) is 6. The molecule has 1 aliphatic heterocycles. The van der Waals surface area contributed by atoms with Crippen LogP contribution in [0.25, 0.3) is 0 Å². The molecule has 1 fully saturated rings. The average Bonchev–Trinajstić information content (AvgIpc) is 3.15. The van der Waals surface area contributed by atoms with Gasteiger partial charge >= 0.3 is 0 Å². The lowest BCUT2D eigenvalue weighted by molar-refractivity contribution is -0.118. The van der Waals surface area contributed by atoms with Gasteiger partial charge in [0.15, 0.2) is 5.13 Å². The van der Waals surface area contributed by atoms with Crippen LogP contribution < -0.4 is 5.32 Å². The Labute approximate surface area is 201 Å². The van der Waals surface area contributed by atoms with Gasteiger partial charge in [-0.2, -0.15) is 4.31 Å². The molecule has 0 radical (unpaired) electrons. The van der Waals surface area contributed by atoms with Crippen LogP contribution in [0.4, 0.5) is 5.13 Å². The summed E-state index contributed by atoms with van der Waals surface area (Å²) in [6.45, 7) is 6.14. The molecule has 2 aromatic rings. The van der Waals surface area contributed by atoms with E-state index < -0.39 is 10.0 Å². The van der Waals surface area contributed by atoms with Gasteiger partial charge in [-0.1, -0.05) is 51.7 Å². The lowest BCUT2D eigenvalue weighted by Gasteiger charge is -2.23. The highest BCUT2D eigenvalue weighted by Gasteiger charge is 2.28. The summed E-state index contributed by atoms with van der Waals surface area (Å²) < 4.78 is 33.1. The third-order valence-electron chi connectivity index (χ3n) is 6.04. The van der Waals surface area contributed by atoms with E-state index in [1.54, 1.807) is 30.5 Å². The van der Waals surface area contributed by atoms with Crippen LogP contribution in [0, 0.1) is 5.92 Å². The summed E-state index contributed by atoms with van der Waals surface area (Å²) >= 11 is 1.39. The van der Waals surface area contributed by atoms with Crippen molar-refractivity contribution in [3.8, 4) is 0 Å². The molecule has 0 spiro atoms. The SMILES string of the molecule is CCCC(CCC)CC(C(=O)Nc1nccs1)c1ccc(S(=O)(=O)N2CCCOCC2)cc1. The number of carbonyl (C=O) groups is 1. The van der Waals surface area contributed by atoms with Crippen molar-refractivity contribution in [1.82, 2.24) is 9.29 Å². The first kappa shape index (κ1) is 25.8. The number of anilines is 1. The molecule has 0 saturated carbocycles. The second-order valence-corrected chi connectivity index (χ2v) is 11.3. The van der Waals surface area contributed by atoms with Crippen LogP contribution in [0.3, 0.4) is 0 Å². The van der Waals surface area contributed by atoms with Crippen LogP contribution in [-0.2, 0) is 19.6 Å². The normalized spacial score (nSPS) is 16.5. The van der Waals surface area contributed by atoms with Crippen LogP contribution in [0.2, 0.25) is 0 Å². The molecule has 1 aromatic carbocycles. The fraction of sp³-hybridized carbons (Fsp3) is 0.583. The van der Waals surface area contributed by atoms with Gasteiger partial charge in [0.05, 0.1) is 17.4 Å². The Kier molecular flexibility index (Phi) is 9.85. The second kappa shape index (κ2) is 12.6. The predicted octanol–water partition coefficient (Wildman–Crippen LogP) is 4.88. The Bertz CT molecular complexity index is 948. The number of aromatic nitrogens is 1. The highest BCUT2D eigenvalue weighted by molar-refractivity contribution is 7.89. The second-order valence-electron chi connectivity index (χ2n) is 8.50. The summed E-state index contributed by atoms with van der Waals surface area (Å²) in [6.07, 6.45) is 7.36. The molecule has 0 bridgehead atoms. The van der Waals surface area contributed by atoms with Crippen molar-refractivity contribution < 1.29 is 17.9 Å². The Hall–Kier alpha value is -1.81. The van der Waals surface area contributed by atoms with Crippen molar-refractivity contribution in [2.75, 3.05) is 31.6 Å². The molecule has 2 heterocycles. The zero-order valence-electron chi connectivity index (χ0n) is 19.5. The molecule has 1 unspecified atom stereocenters. The van der Waals surface area contributed by atoms with E-state index in [0.29, 0.717) is 43.8 Å². The van der Waals surface area contributed by atoms with Crippen molar-refractivity contribution in [1.29, 1.82) is 0 Å². The molecule has 1 saturated heterocycles. The molecule has 1 aromatic heterocycles. The lowest BCUT2D eigenvalue weighted by atomic mass is 9.84. The highest BCUT2D eigenvalue weighted by atomic mass is 32.2. The number of carbonyl (C=O) groups excluding carboxylic acids is 1. The van der Waals surface area contributed by atoms with Crippen LogP contribution in [-0.4, -0.2) is 49.9 Å². The monoisotopic (exact) mass is 493 g/mol. The lowest BCUT2D eigenvalue weighted by Crippen LogP contribution is -2.33. The van der Waals surface area contributed by atoms with E-state index in [-0.39, 0.29) is 16.7 Å². The molecule has 1 N–H and O–H groups in total. The van der Waals surface area contributed by atoms with Gasteiger partial charge in [-0.3, -0.25) is 4.79 Å². The molecular formula is C24H35N3O4S2. The van der Waals surface area contributed by atoms with Crippen LogP contribution in [0.5, 0.6) is 0 Å². The van der Waals surface area contributed by atoms with Gasteiger partial charge in [-0.25, -0.2) is 13.4 Å². The van der Waals surface area contributed by atoms with Crippen molar-refractivity contribution >= 4 is 32.4 Å². The molecule has 33 heavy (non-hydrogen) atoms. The number of ether oxygens (including phenoxy) is 1. The number of nitrogens with one attached hydrogen (secondary N) is 1. The van der Waals surface area contributed by atoms with Gasteiger partial charge in [0.25, 0.3) is 0 Å². The molecule has 1 amide bonds. The molecule has 1 aliphatic rings. The van der Waals surface area contributed by atoms with E-state index in [1.807, 2.05) is 5.38 Å². The summed E-state index contributed by atoms with van der Waals surface area (Å²) in [4.78, 5) is 17.7. The minimum absolute atomic E-state index is 0.0950. The maximum absolute atomic E-state index is 13.2. The van der Waals surface area contributed by atoms with E-state index in [9.17, 15) is 13.2 Å². The molecule has 3 rings (SSSR count). The molecule has 1 atom stereocenters. The number of amides is 1. The summed E-state index contributed by atoms with van der Waals surface area (Å²) in [5, 5.41) is 5.35. The summed E-state index contributed by atoms with van der Waals surface area (Å²) in [7, 11) is -3.58. The zero-order valence-corrected chi connectivity index (χ0v) is 21.2. The van der Waals surface area contributed by atoms with Crippen molar-refractivity contribution in [3.63, 3.8) is 0 Å². The summed E-state index contributed by atoms with van der Waals surface area (Å²) in [6, 6.07) is 6.86. The average molecular weight is 494 g/mol. The topological polar surface area (TPSA) is 88.6 Å². The van der Waals surface area contributed by atoms with Crippen molar-refractivity contribution in [2.24, 2.45) is 5.92 Å². The molecular weight excluding hydrogens is 458 g/mol. The van der Waals surface area contributed by atoms with Crippen LogP contribution in [0.15, 0.2) is 40.7 Å². The molecule has 0 aliphatic carbocycles. The minimum atomic E-state index is -3.58. The fourth-order valence-electron chi connectivity index (χ4n) is 4.39. The third-order valence-corrected chi connectivity index (χ3v) is 8.64. The van der Waals surface area contributed by atoms with E-state index in [0.717, 1.165) is 37.7 Å². The summed E-state index contributed by atoms with van der Waals surface area (Å²) in [5.41, 5.74) is 0.833. The zero-order chi connectivity index (χ0) is 23.7. The Morgan fingerprint density at radius 2 is 1.88 bits per heavy atom. The molecule has 9 heteroatoms. The van der Waals surface area contributed by atoms with E-state index in [4.69, 9.17) is 4.74 Å². The summed E-state index contributed by atoms with van der Waals surface area (Å²) in [5.74, 6) is -0.0182. The largest absolute Gasteiger partial charge is 0.380 e. The smallest absolute Gasteiger partial charge is 0.243 e. The number of hydrogen-bond donors (Lipinski definition) is 1. The first-order valence-electron chi connectivity index (χ1n) is 11.8. The molecule has 7 nitrogen and oxygen atoms in total. The Balaban J connectivity index is 1.83. The standard InChI is InChI=1S/C24H35N3O4S2/c1-3-6-19(7-4-2)18-22(23(28)26-24-25-12-17-32-24)20-8-10-21(11-9-20)33(29,30)27-13-5-15-31-16-14-27/h8-12,17,19,22H,3-7,13-16,18H2,1-2H3,(H,25,26,28). The quantitative estimate of drug-likeness (QED) is 0.482. The first-order valence-corrected chi connectivity index (χ1v) is 14.2. The van der Waals surface area contributed by atoms with Crippen molar-refractivity contribution in [2.45, 2.75) is 63.2 Å². The van der Waals surface area contributed by atoms with Crippen LogP contribution >= 0.6 is 11.3 Å². The Morgan fingerprint density at radius 3 is 2.52 bits per heavy atom. The van der Waals surface area contributed by atoms with Gasteiger partial charge in [-0.05, 0) is 36.5 Å². The number of rotatable bonds is 11. The number of sulfonamides is 1. The van der Waals surface area contributed by atoms with Gasteiger partial charge in [0.2, 0.25) is 15.9 Å². The first-order chi connectivity index (χ1) is 16.0. The van der Waals surface area contributed by atoms with Crippen molar-refractivity contribution in [3.05, 3.63) is 41.4 Å². The third kappa shape index (κ3) is 7.09. The minimum Gasteiger partial charge on any atom is -0.380 e. The molecule has 182 valence electrons. The van der Waals surface area contributed by atoms with Gasteiger partial charge in [-0.15, -0.1) is 11.3 Å². The highest BCUT2D eigenvalue weighted by Crippen LogP contribution is 2.31. The Morgan fingerprint density at radius 1 is 1.15 bits per heavy atom. The van der Waals surface area contributed by atoms with E-state index in [2.05, 4.69) is 24.1 Å². The van der Waals surface area contributed by atoms with Gasteiger partial charge in [0, 0.05) is 31.3 Å².